The molecule has 0 aliphatic heterocycles. The van der Waals surface area contributed by atoms with Crippen LogP contribution in [-0.2, 0) is 0 Å². The fourth-order valence-corrected chi connectivity index (χ4v) is 0.330. The third kappa shape index (κ3) is 3.78. The molecule has 0 aromatic rings. The van der Waals surface area contributed by atoms with Gasteiger partial charge in [-0.2, -0.15) is 0 Å². The zero-order valence-electron chi connectivity index (χ0n) is 3.49. The maximum absolute atomic E-state index is 6.57. The summed E-state index contributed by atoms with van der Waals surface area (Å²) in [7, 11) is 1.71. The van der Waals surface area contributed by atoms with Crippen molar-refractivity contribution in [2.24, 2.45) is 5.73 Å². The lowest BCUT2D eigenvalue weighted by Gasteiger charge is -1.87. The first-order valence-electron chi connectivity index (χ1n) is 1.45. The molecule has 0 aromatic carbocycles. The van der Waals surface area contributed by atoms with Crippen molar-refractivity contribution in [1.29, 1.82) is 5.41 Å². The summed E-state index contributed by atoms with van der Waals surface area (Å²) >= 11 is 1.10. The SMILES string of the molecule is CNSC(=N)N. The molecule has 0 aliphatic rings. The van der Waals surface area contributed by atoms with Crippen LogP contribution >= 0.6 is 11.9 Å². The number of rotatable bonds is 1. The van der Waals surface area contributed by atoms with Crippen molar-refractivity contribution >= 4 is 17.1 Å². The Morgan fingerprint density at radius 1 is 2.00 bits per heavy atom. The molecule has 0 spiro atoms. The molecule has 0 atom stereocenters. The Kier molecular flexibility index (Phi) is 2.88. The number of amidine groups is 1. The van der Waals surface area contributed by atoms with E-state index in [-0.39, 0.29) is 5.17 Å². The summed E-state index contributed by atoms with van der Waals surface area (Å²) in [6.45, 7) is 0. The average Bonchev–Trinajstić information content (AvgIpc) is 1.35. The Bertz CT molecular complexity index is 52.8. The first kappa shape index (κ1) is 5.78. The lowest BCUT2D eigenvalue weighted by Crippen LogP contribution is -2.09. The van der Waals surface area contributed by atoms with Crippen molar-refractivity contribution < 1.29 is 0 Å². The van der Waals surface area contributed by atoms with Crippen LogP contribution in [0.1, 0.15) is 0 Å². The highest BCUT2D eigenvalue weighted by Crippen LogP contribution is 1.82. The number of hydrogen-bond donors (Lipinski definition) is 3. The molecule has 0 radical (unpaired) electrons. The Hall–Kier alpha value is -0.220. The van der Waals surface area contributed by atoms with E-state index >= 15 is 0 Å². The minimum Gasteiger partial charge on any atom is -0.378 e. The van der Waals surface area contributed by atoms with E-state index in [0.717, 1.165) is 11.9 Å². The van der Waals surface area contributed by atoms with Gasteiger partial charge in [-0.05, 0) is 19.0 Å². The summed E-state index contributed by atoms with van der Waals surface area (Å²) in [6, 6.07) is 0. The smallest absolute Gasteiger partial charge is 0.166 e. The van der Waals surface area contributed by atoms with Crippen molar-refractivity contribution in [3.05, 3.63) is 0 Å². The average molecular weight is 105 g/mol. The highest BCUT2D eigenvalue weighted by Gasteiger charge is 1.78. The van der Waals surface area contributed by atoms with Gasteiger partial charge in [0, 0.05) is 0 Å². The summed E-state index contributed by atoms with van der Waals surface area (Å²) in [6.07, 6.45) is 0. The third-order valence-corrected chi connectivity index (χ3v) is 0.636. The predicted molar refractivity (Wildman–Crippen MR) is 28.6 cm³/mol. The maximum atomic E-state index is 6.57. The Morgan fingerprint density at radius 2 is 2.50 bits per heavy atom. The van der Waals surface area contributed by atoms with Crippen LogP contribution in [-0.4, -0.2) is 12.2 Å². The van der Waals surface area contributed by atoms with Gasteiger partial charge >= 0.3 is 0 Å². The normalized spacial score (nSPS) is 8.17. The van der Waals surface area contributed by atoms with Gasteiger partial charge in [-0.3, -0.25) is 10.1 Å². The monoisotopic (exact) mass is 105 g/mol. The fourth-order valence-electron chi connectivity index (χ4n) is 0.110. The van der Waals surface area contributed by atoms with Crippen LogP contribution in [0.15, 0.2) is 0 Å². The molecule has 0 heterocycles. The van der Waals surface area contributed by atoms with Crippen molar-refractivity contribution in [2.75, 3.05) is 7.05 Å². The molecule has 0 bridgehead atoms. The number of nitrogens with two attached hydrogens (primary N) is 1. The molecular formula is C2H7N3S. The van der Waals surface area contributed by atoms with Crippen molar-refractivity contribution in [3.63, 3.8) is 0 Å². The summed E-state index contributed by atoms with van der Waals surface area (Å²) in [5.41, 5.74) is 4.89. The van der Waals surface area contributed by atoms with E-state index in [1.165, 1.54) is 0 Å². The molecular weight excluding hydrogens is 98.1 g/mol. The standard InChI is InChI=1S/C2H7N3S/c1-5-6-2(3)4/h5H,1H3,(H3,3,4). The Labute approximate surface area is 40.9 Å². The van der Waals surface area contributed by atoms with E-state index in [1.54, 1.807) is 7.05 Å². The van der Waals surface area contributed by atoms with Gasteiger partial charge in [0.1, 0.15) is 0 Å². The highest BCUT2D eigenvalue weighted by atomic mass is 32.2. The number of hydrogen-bond acceptors (Lipinski definition) is 3. The summed E-state index contributed by atoms with van der Waals surface area (Å²) in [4.78, 5) is 0. The predicted octanol–water partition coefficient (Wildman–Crippen LogP) is -0.253. The summed E-state index contributed by atoms with van der Waals surface area (Å²) in [5.74, 6) is 0. The molecule has 0 rings (SSSR count). The summed E-state index contributed by atoms with van der Waals surface area (Å²) in [5, 5.41) is 6.67. The van der Waals surface area contributed by atoms with Crippen molar-refractivity contribution in [2.45, 2.75) is 0 Å². The molecule has 0 saturated carbocycles. The fraction of sp³-hybridized carbons (Fsp3) is 0.500. The van der Waals surface area contributed by atoms with Gasteiger partial charge in [0.25, 0.3) is 0 Å². The molecule has 3 nitrogen and oxygen atoms in total. The minimum absolute atomic E-state index is 0.0949. The van der Waals surface area contributed by atoms with Crippen molar-refractivity contribution in [3.8, 4) is 0 Å². The van der Waals surface area contributed by atoms with Crippen LogP contribution in [0.2, 0.25) is 0 Å². The maximum Gasteiger partial charge on any atom is 0.166 e. The quantitative estimate of drug-likeness (QED) is 0.245. The molecule has 36 valence electrons. The van der Waals surface area contributed by atoms with Gasteiger partial charge in [0.2, 0.25) is 0 Å². The zero-order valence-corrected chi connectivity index (χ0v) is 4.30. The minimum atomic E-state index is 0.0949. The van der Waals surface area contributed by atoms with Gasteiger partial charge < -0.3 is 5.73 Å². The summed E-state index contributed by atoms with van der Waals surface area (Å²) < 4.78 is 2.63. The van der Waals surface area contributed by atoms with Crippen molar-refractivity contribution in [1.82, 2.24) is 4.72 Å². The van der Waals surface area contributed by atoms with E-state index in [0.29, 0.717) is 0 Å². The van der Waals surface area contributed by atoms with Gasteiger partial charge in [-0.15, -0.1) is 0 Å². The van der Waals surface area contributed by atoms with Gasteiger partial charge in [-0.1, -0.05) is 0 Å². The molecule has 0 amide bonds. The first-order chi connectivity index (χ1) is 2.77. The van der Waals surface area contributed by atoms with Crippen LogP contribution in [0.3, 0.4) is 0 Å². The lowest BCUT2D eigenvalue weighted by atomic mass is 11.4. The van der Waals surface area contributed by atoms with E-state index in [2.05, 4.69) is 4.72 Å². The topological polar surface area (TPSA) is 61.9 Å². The molecule has 4 N–H and O–H groups in total. The molecule has 0 aromatic heterocycles. The zero-order chi connectivity index (χ0) is 4.99. The first-order valence-corrected chi connectivity index (χ1v) is 2.26. The molecule has 0 unspecified atom stereocenters. The highest BCUT2D eigenvalue weighted by molar-refractivity contribution is 8.12. The molecule has 0 fully saturated rings. The second kappa shape index (κ2) is 2.99. The van der Waals surface area contributed by atoms with Crippen LogP contribution < -0.4 is 10.5 Å². The lowest BCUT2D eigenvalue weighted by molar-refractivity contribution is 1.31. The van der Waals surface area contributed by atoms with E-state index in [1.807, 2.05) is 0 Å². The largest absolute Gasteiger partial charge is 0.378 e. The van der Waals surface area contributed by atoms with Crippen LogP contribution in [0, 0.1) is 5.41 Å². The van der Waals surface area contributed by atoms with Gasteiger partial charge in [0.15, 0.2) is 5.17 Å². The second-order valence-corrected chi connectivity index (χ2v) is 1.72. The molecule has 4 heteroatoms. The third-order valence-electron chi connectivity index (χ3n) is 0.212. The Balaban J connectivity index is 2.83. The van der Waals surface area contributed by atoms with Gasteiger partial charge in [-0.25, -0.2) is 0 Å². The van der Waals surface area contributed by atoms with Crippen LogP contribution in [0.4, 0.5) is 0 Å². The van der Waals surface area contributed by atoms with Crippen LogP contribution in [0.25, 0.3) is 0 Å². The van der Waals surface area contributed by atoms with E-state index in [4.69, 9.17) is 11.1 Å². The van der Waals surface area contributed by atoms with E-state index < -0.39 is 0 Å². The van der Waals surface area contributed by atoms with Gasteiger partial charge in [0.05, 0.1) is 0 Å². The molecule has 0 aliphatic carbocycles. The number of nitrogens with one attached hydrogen (secondary N) is 2. The molecule has 0 saturated heterocycles. The second-order valence-electron chi connectivity index (χ2n) is 0.670. The molecule has 6 heavy (non-hydrogen) atoms. The van der Waals surface area contributed by atoms with Crippen LogP contribution in [0.5, 0.6) is 0 Å². The Morgan fingerprint density at radius 3 is 2.50 bits per heavy atom. The van der Waals surface area contributed by atoms with E-state index in [9.17, 15) is 0 Å².